The SMILES string of the molecule is CN1CCN(C(=O)C2CCCCC2)CC1.Cl. The number of nitrogens with zero attached hydrogens (tertiary/aromatic N) is 2. The Morgan fingerprint density at radius 1 is 1.00 bits per heavy atom. The smallest absolute Gasteiger partial charge is 0.225 e. The number of carbonyl (C=O) groups excluding carboxylic acids is 1. The van der Waals surface area contributed by atoms with Crippen molar-refractivity contribution in [2.45, 2.75) is 32.1 Å². The summed E-state index contributed by atoms with van der Waals surface area (Å²) in [6.45, 7) is 3.95. The van der Waals surface area contributed by atoms with Crippen molar-refractivity contribution in [1.29, 1.82) is 0 Å². The normalized spacial score (nSPS) is 23.9. The van der Waals surface area contributed by atoms with Crippen LogP contribution in [0.25, 0.3) is 0 Å². The van der Waals surface area contributed by atoms with Crippen LogP contribution < -0.4 is 0 Å². The summed E-state index contributed by atoms with van der Waals surface area (Å²) < 4.78 is 0. The van der Waals surface area contributed by atoms with E-state index in [2.05, 4.69) is 16.8 Å². The van der Waals surface area contributed by atoms with Crippen molar-refractivity contribution in [3.8, 4) is 0 Å². The van der Waals surface area contributed by atoms with E-state index in [0.717, 1.165) is 39.0 Å². The summed E-state index contributed by atoms with van der Waals surface area (Å²) in [5, 5.41) is 0. The van der Waals surface area contributed by atoms with Crippen LogP contribution in [0.2, 0.25) is 0 Å². The van der Waals surface area contributed by atoms with Crippen LogP contribution in [-0.4, -0.2) is 48.9 Å². The van der Waals surface area contributed by atoms with Crippen molar-refractivity contribution in [3.63, 3.8) is 0 Å². The first-order valence-corrected chi connectivity index (χ1v) is 6.25. The molecule has 0 aromatic rings. The zero-order valence-electron chi connectivity index (χ0n) is 10.2. The average molecular weight is 247 g/mol. The molecule has 2 fully saturated rings. The summed E-state index contributed by atoms with van der Waals surface area (Å²) in [5.74, 6) is 0.782. The van der Waals surface area contributed by atoms with Gasteiger partial charge in [0.2, 0.25) is 5.91 Å². The van der Waals surface area contributed by atoms with Gasteiger partial charge in [-0.3, -0.25) is 4.79 Å². The highest BCUT2D eigenvalue weighted by Crippen LogP contribution is 2.25. The Kier molecular flexibility index (Phi) is 5.56. The summed E-state index contributed by atoms with van der Waals surface area (Å²) >= 11 is 0. The third-order valence-corrected chi connectivity index (χ3v) is 3.77. The van der Waals surface area contributed by atoms with E-state index in [-0.39, 0.29) is 12.4 Å². The maximum atomic E-state index is 12.2. The molecule has 94 valence electrons. The molecular formula is C12H23ClN2O. The van der Waals surface area contributed by atoms with Crippen LogP contribution in [0.5, 0.6) is 0 Å². The van der Waals surface area contributed by atoms with Gasteiger partial charge < -0.3 is 9.80 Å². The summed E-state index contributed by atoms with van der Waals surface area (Å²) in [5.41, 5.74) is 0. The van der Waals surface area contributed by atoms with Gasteiger partial charge in [0.25, 0.3) is 0 Å². The molecule has 0 radical (unpaired) electrons. The molecule has 0 N–H and O–H groups in total. The first kappa shape index (κ1) is 13.8. The Bertz CT molecular complexity index is 221. The molecule has 3 nitrogen and oxygen atoms in total. The fourth-order valence-electron chi connectivity index (χ4n) is 2.63. The van der Waals surface area contributed by atoms with Crippen LogP contribution in [0.3, 0.4) is 0 Å². The number of likely N-dealkylation sites (N-methyl/N-ethyl adjacent to an activating group) is 1. The molecule has 1 amide bonds. The van der Waals surface area contributed by atoms with Crippen LogP contribution in [0.15, 0.2) is 0 Å². The Morgan fingerprint density at radius 3 is 2.12 bits per heavy atom. The number of amides is 1. The zero-order chi connectivity index (χ0) is 10.7. The summed E-state index contributed by atoms with van der Waals surface area (Å²) in [4.78, 5) is 16.5. The highest BCUT2D eigenvalue weighted by atomic mass is 35.5. The van der Waals surface area contributed by atoms with Crippen molar-refractivity contribution in [1.82, 2.24) is 9.80 Å². The average Bonchev–Trinajstić information content (AvgIpc) is 2.30. The van der Waals surface area contributed by atoms with Crippen molar-refractivity contribution >= 4 is 18.3 Å². The van der Waals surface area contributed by atoms with Crippen LogP contribution in [-0.2, 0) is 4.79 Å². The molecule has 0 aromatic heterocycles. The summed E-state index contributed by atoms with van der Waals surface area (Å²) in [6, 6.07) is 0. The highest BCUT2D eigenvalue weighted by Gasteiger charge is 2.27. The van der Waals surface area contributed by atoms with Crippen LogP contribution >= 0.6 is 12.4 Å². The molecule has 0 spiro atoms. The minimum absolute atomic E-state index is 0. The van der Waals surface area contributed by atoms with Gasteiger partial charge in [0.05, 0.1) is 0 Å². The quantitative estimate of drug-likeness (QED) is 0.704. The van der Waals surface area contributed by atoms with Gasteiger partial charge in [-0.05, 0) is 19.9 Å². The molecule has 0 bridgehead atoms. The van der Waals surface area contributed by atoms with Gasteiger partial charge >= 0.3 is 0 Å². The van der Waals surface area contributed by atoms with Gasteiger partial charge in [-0.2, -0.15) is 0 Å². The molecule has 1 saturated carbocycles. The molecule has 16 heavy (non-hydrogen) atoms. The Morgan fingerprint density at radius 2 is 1.56 bits per heavy atom. The van der Waals surface area contributed by atoms with Crippen LogP contribution in [0.4, 0.5) is 0 Å². The van der Waals surface area contributed by atoms with Crippen molar-refractivity contribution < 1.29 is 4.79 Å². The molecule has 1 aliphatic heterocycles. The summed E-state index contributed by atoms with van der Waals surface area (Å²) in [6.07, 6.45) is 6.09. The monoisotopic (exact) mass is 246 g/mol. The molecule has 2 rings (SSSR count). The lowest BCUT2D eigenvalue weighted by Crippen LogP contribution is -2.49. The van der Waals surface area contributed by atoms with Gasteiger partial charge in [0, 0.05) is 32.1 Å². The molecule has 2 aliphatic rings. The van der Waals surface area contributed by atoms with Crippen LogP contribution in [0.1, 0.15) is 32.1 Å². The Labute approximate surface area is 105 Å². The first-order valence-electron chi connectivity index (χ1n) is 6.25. The van der Waals surface area contributed by atoms with E-state index < -0.39 is 0 Å². The number of carbonyl (C=O) groups is 1. The molecule has 0 unspecified atom stereocenters. The number of hydrogen-bond donors (Lipinski definition) is 0. The van der Waals surface area contributed by atoms with Gasteiger partial charge in [-0.25, -0.2) is 0 Å². The standard InChI is InChI=1S/C12H22N2O.ClH/c1-13-7-9-14(10-8-13)12(15)11-5-3-2-4-6-11;/h11H,2-10H2,1H3;1H. The summed E-state index contributed by atoms with van der Waals surface area (Å²) in [7, 11) is 2.13. The van der Waals surface area contributed by atoms with E-state index in [1.807, 2.05) is 0 Å². The van der Waals surface area contributed by atoms with E-state index in [1.165, 1.54) is 19.3 Å². The highest BCUT2D eigenvalue weighted by molar-refractivity contribution is 5.85. The lowest BCUT2D eigenvalue weighted by molar-refractivity contribution is -0.138. The molecule has 0 atom stereocenters. The predicted molar refractivity (Wildman–Crippen MR) is 67.9 cm³/mol. The van der Waals surface area contributed by atoms with E-state index in [1.54, 1.807) is 0 Å². The van der Waals surface area contributed by atoms with Crippen LogP contribution in [0, 0.1) is 5.92 Å². The number of halogens is 1. The van der Waals surface area contributed by atoms with E-state index in [9.17, 15) is 4.79 Å². The van der Waals surface area contributed by atoms with Crippen molar-refractivity contribution in [2.75, 3.05) is 33.2 Å². The Balaban J connectivity index is 0.00000128. The number of rotatable bonds is 1. The van der Waals surface area contributed by atoms with E-state index >= 15 is 0 Å². The van der Waals surface area contributed by atoms with Crippen molar-refractivity contribution in [2.24, 2.45) is 5.92 Å². The lowest BCUT2D eigenvalue weighted by Gasteiger charge is -2.35. The molecule has 1 aliphatic carbocycles. The largest absolute Gasteiger partial charge is 0.340 e. The second-order valence-corrected chi connectivity index (χ2v) is 4.96. The second-order valence-electron chi connectivity index (χ2n) is 4.96. The second kappa shape index (κ2) is 6.45. The Hall–Kier alpha value is -0.280. The molecule has 0 aromatic carbocycles. The van der Waals surface area contributed by atoms with Gasteiger partial charge in [-0.15, -0.1) is 12.4 Å². The molecule has 1 saturated heterocycles. The van der Waals surface area contributed by atoms with Crippen molar-refractivity contribution in [3.05, 3.63) is 0 Å². The molecular weight excluding hydrogens is 224 g/mol. The maximum absolute atomic E-state index is 12.2. The minimum Gasteiger partial charge on any atom is -0.340 e. The van der Waals surface area contributed by atoms with E-state index in [4.69, 9.17) is 0 Å². The van der Waals surface area contributed by atoms with E-state index in [0.29, 0.717) is 11.8 Å². The predicted octanol–water partition coefficient (Wildman–Crippen LogP) is 1.76. The van der Waals surface area contributed by atoms with Gasteiger partial charge in [0.15, 0.2) is 0 Å². The fraction of sp³-hybridized carbons (Fsp3) is 0.917. The maximum Gasteiger partial charge on any atom is 0.225 e. The zero-order valence-corrected chi connectivity index (χ0v) is 11.0. The third-order valence-electron chi connectivity index (χ3n) is 3.77. The number of piperazine rings is 1. The van der Waals surface area contributed by atoms with Gasteiger partial charge in [0.1, 0.15) is 0 Å². The molecule has 4 heteroatoms. The topological polar surface area (TPSA) is 23.6 Å². The first-order chi connectivity index (χ1) is 7.27. The molecule has 1 heterocycles. The number of hydrogen-bond acceptors (Lipinski definition) is 2. The van der Waals surface area contributed by atoms with Gasteiger partial charge in [-0.1, -0.05) is 19.3 Å². The minimum atomic E-state index is 0. The lowest BCUT2D eigenvalue weighted by atomic mass is 9.88. The third kappa shape index (κ3) is 3.36. The fourth-order valence-corrected chi connectivity index (χ4v) is 2.63.